The fourth-order valence-corrected chi connectivity index (χ4v) is 5.26. The Labute approximate surface area is 168 Å². The molecule has 0 spiro atoms. The molecule has 0 saturated carbocycles. The average molecular weight is 406 g/mol. The first-order valence-corrected chi connectivity index (χ1v) is 10.9. The van der Waals surface area contributed by atoms with E-state index in [-0.39, 0.29) is 29.6 Å². The van der Waals surface area contributed by atoms with Crippen LogP contribution < -0.4 is 9.62 Å². The van der Waals surface area contributed by atoms with E-state index in [4.69, 9.17) is 0 Å². The molecule has 0 bridgehead atoms. The number of hydrogen-bond donors (Lipinski definition) is 1. The molecule has 1 saturated heterocycles. The van der Waals surface area contributed by atoms with Crippen molar-refractivity contribution in [2.45, 2.75) is 30.6 Å². The standard InChI is InChI=1S/C22H18N2O4S/c25-20-12-13-21(26)24(20)16-7-9-17(10-8-16)29(27,28)23-19-11-6-15-5-4-14-2-1-3-18(19)22(14)15/h1-3,6-11,23H,4-5,12-13H2. The zero-order valence-corrected chi connectivity index (χ0v) is 16.3. The molecule has 6 nitrogen and oxygen atoms in total. The molecule has 1 fully saturated rings. The van der Waals surface area contributed by atoms with E-state index < -0.39 is 10.0 Å². The van der Waals surface area contributed by atoms with Crippen molar-refractivity contribution in [3.8, 4) is 0 Å². The summed E-state index contributed by atoms with van der Waals surface area (Å²) < 4.78 is 28.6. The number of sulfonamides is 1. The molecular formula is C22H18N2O4S. The normalized spacial score (nSPS) is 16.1. The van der Waals surface area contributed by atoms with Crippen molar-refractivity contribution in [1.82, 2.24) is 0 Å². The predicted octanol–water partition coefficient (Wildman–Crippen LogP) is 3.39. The summed E-state index contributed by atoms with van der Waals surface area (Å²) in [5, 5.41) is 2.03. The summed E-state index contributed by atoms with van der Waals surface area (Å²) in [6, 6.07) is 15.5. The van der Waals surface area contributed by atoms with Gasteiger partial charge in [0.1, 0.15) is 0 Å². The first-order chi connectivity index (χ1) is 13.9. The second-order valence-electron chi connectivity index (χ2n) is 7.33. The Hall–Kier alpha value is -3.19. The number of rotatable bonds is 4. The second-order valence-corrected chi connectivity index (χ2v) is 9.02. The molecule has 1 heterocycles. The van der Waals surface area contributed by atoms with Crippen molar-refractivity contribution < 1.29 is 18.0 Å². The average Bonchev–Trinajstić information content (AvgIpc) is 3.28. The van der Waals surface area contributed by atoms with Gasteiger partial charge < -0.3 is 0 Å². The molecule has 1 N–H and O–H groups in total. The number of carbonyl (C=O) groups is 2. The Bertz CT molecular complexity index is 1250. The van der Waals surface area contributed by atoms with Gasteiger partial charge in [-0.1, -0.05) is 24.3 Å². The predicted molar refractivity (Wildman–Crippen MR) is 110 cm³/mol. The highest BCUT2D eigenvalue weighted by Crippen LogP contribution is 2.36. The van der Waals surface area contributed by atoms with Gasteiger partial charge in [0.15, 0.2) is 0 Å². The minimum absolute atomic E-state index is 0.0728. The fraction of sp³-hybridized carbons (Fsp3) is 0.182. The zero-order valence-electron chi connectivity index (χ0n) is 15.5. The maximum Gasteiger partial charge on any atom is 0.261 e. The van der Waals surface area contributed by atoms with E-state index in [0.717, 1.165) is 28.5 Å². The number of imide groups is 1. The van der Waals surface area contributed by atoms with Gasteiger partial charge in [0.2, 0.25) is 11.8 Å². The van der Waals surface area contributed by atoms with Gasteiger partial charge in [-0.2, -0.15) is 0 Å². The molecule has 29 heavy (non-hydrogen) atoms. The summed E-state index contributed by atoms with van der Waals surface area (Å²) in [5.41, 5.74) is 3.41. The van der Waals surface area contributed by atoms with Gasteiger partial charge in [0.25, 0.3) is 10.0 Å². The quantitative estimate of drug-likeness (QED) is 0.673. The Morgan fingerprint density at radius 2 is 1.41 bits per heavy atom. The lowest BCUT2D eigenvalue weighted by Gasteiger charge is -2.15. The first-order valence-electron chi connectivity index (χ1n) is 9.46. The lowest BCUT2D eigenvalue weighted by Crippen LogP contribution is -2.28. The molecule has 7 heteroatoms. The van der Waals surface area contributed by atoms with Crippen molar-refractivity contribution >= 4 is 44.0 Å². The van der Waals surface area contributed by atoms with Gasteiger partial charge in [0, 0.05) is 18.2 Å². The van der Waals surface area contributed by atoms with Crippen LogP contribution in [0.4, 0.5) is 11.4 Å². The lowest BCUT2D eigenvalue weighted by molar-refractivity contribution is -0.121. The number of carbonyl (C=O) groups excluding carboxylic acids is 2. The molecular weight excluding hydrogens is 388 g/mol. The maximum atomic E-state index is 12.9. The minimum Gasteiger partial charge on any atom is -0.279 e. The molecule has 2 amide bonds. The Morgan fingerprint density at radius 1 is 0.759 bits per heavy atom. The number of nitrogens with zero attached hydrogens (tertiary/aromatic N) is 1. The van der Waals surface area contributed by atoms with E-state index in [9.17, 15) is 18.0 Å². The molecule has 5 rings (SSSR count). The highest BCUT2D eigenvalue weighted by molar-refractivity contribution is 7.92. The molecule has 1 aliphatic carbocycles. The van der Waals surface area contributed by atoms with Crippen LogP contribution >= 0.6 is 0 Å². The van der Waals surface area contributed by atoms with Gasteiger partial charge in [0.05, 0.1) is 16.3 Å². The summed E-state index contributed by atoms with van der Waals surface area (Å²) >= 11 is 0. The fourth-order valence-electron chi connectivity index (χ4n) is 4.18. The molecule has 0 radical (unpaired) electrons. The molecule has 3 aromatic rings. The Balaban J connectivity index is 1.48. The van der Waals surface area contributed by atoms with Gasteiger partial charge in [-0.05, 0) is 59.7 Å². The van der Waals surface area contributed by atoms with Gasteiger partial charge in [-0.25, -0.2) is 8.42 Å². The van der Waals surface area contributed by atoms with E-state index in [1.54, 1.807) is 6.07 Å². The lowest BCUT2D eigenvalue weighted by atomic mass is 10.0. The van der Waals surface area contributed by atoms with Gasteiger partial charge in [-0.3, -0.25) is 19.2 Å². The van der Waals surface area contributed by atoms with E-state index in [1.165, 1.54) is 35.4 Å². The molecule has 3 aromatic carbocycles. The summed E-state index contributed by atoms with van der Waals surface area (Å²) in [5.74, 6) is -0.534. The number of anilines is 2. The third kappa shape index (κ3) is 2.89. The van der Waals surface area contributed by atoms with E-state index in [1.807, 2.05) is 18.2 Å². The highest BCUT2D eigenvalue weighted by Gasteiger charge is 2.30. The topological polar surface area (TPSA) is 83.6 Å². The summed E-state index contributed by atoms with van der Waals surface area (Å²) in [6.07, 6.45) is 2.31. The maximum absolute atomic E-state index is 12.9. The van der Waals surface area contributed by atoms with Crippen molar-refractivity contribution in [3.05, 3.63) is 65.7 Å². The number of nitrogens with one attached hydrogen (secondary N) is 1. The van der Waals surface area contributed by atoms with Crippen molar-refractivity contribution in [1.29, 1.82) is 0 Å². The molecule has 0 unspecified atom stereocenters. The number of benzene rings is 3. The van der Waals surface area contributed by atoms with Gasteiger partial charge >= 0.3 is 0 Å². The molecule has 0 aromatic heterocycles. The van der Waals surface area contributed by atoms with Crippen LogP contribution in [0.2, 0.25) is 0 Å². The van der Waals surface area contributed by atoms with Crippen LogP contribution in [0.5, 0.6) is 0 Å². The van der Waals surface area contributed by atoms with Crippen LogP contribution in [0, 0.1) is 0 Å². The van der Waals surface area contributed by atoms with Crippen LogP contribution in [0.15, 0.2) is 59.5 Å². The first kappa shape index (κ1) is 17.9. The monoisotopic (exact) mass is 406 g/mol. The molecule has 146 valence electrons. The third-order valence-corrected chi connectivity index (χ3v) is 6.96. The van der Waals surface area contributed by atoms with E-state index >= 15 is 0 Å². The molecule has 1 aliphatic heterocycles. The van der Waals surface area contributed by atoms with E-state index in [0.29, 0.717) is 11.4 Å². The van der Waals surface area contributed by atoms with Crippen LogP contribution in [-0.2, 0) is 32.5 Å². The number of amides is 2. The van der Waals surface area contributed by atoms with Crippen LogP contribution in [-0.4, -0.2) is 20.2 Å². The van der Waals surface area contributed by atoms with Crippen molar-refractivity contribution in [3.63, 3.8) is 0 Å². The summed E-state index contributed by atoms with van der Waals surface area (Å²) in [7, 11) is -3.82. The zero-order chi connectivity index (χ0) is 20.2. The van der Waals surface area contributed by atoms with Gasteiger partial charge in [-0.15, -0.1) is 0 Å². The minimum atomic E-state index is -3.82. The van der Waals surface area contributed by atoms with Crippen LogP contribution in [0.25, 0.3) is 10.8 Å². The third-order valence-electron chi connectivity index (χ3n) is 5.58. The van der Waals surface area contributed by atoms with E-state index in [2.05, 4.69) is 10.8 Å². The second kappa shape index (κ2) is 6.42. The molecule has 2 aliphatic rings. The summed E-state index contributed by atoms with van der Waals surface area (Å²) in [6.45, 7) is 0. The Morgan fingerprint density at radius 3 is 2.10 bits per heavy atom. The van der Waals surface area contributed by atoms with Crippen LogP contribution in [0.3, 0.4) is 0 Å². The smallest absolute Gasteiger partial charge is 0.261 e. The summed E-state index contributed by atoms with van der Waals surface area (Å²) in [4.78, 5) is 24.9. The molecule has 0 atom stereocenters. The highest BCUT2D eigenvalue weighted by atomic mass is 32.2. The van der Waals surface area contributed by atoms with Crippen molar-refractivity contribution in [2.75, 3.05) is 9.62 Å². The Kier molecular flexibility index (Phi) is 3.96. The SMILES string of the molecule is O=C1CCC(=O)N1c1ccc(S(=O)(=O)Nc2ccc3c4c(cccc24)CC3)cc1. The number of hydrogen-bond acceptors (Lipinski definition) is 4. The largest absolute Gasteiger partial charge is 0.279 e. The van der Waals surface area contributed by atoms with Crippen LogP contribution in [0.1, 0.15) is 24.0 Å². The number of aryl methyl sites for hydroxylation is 2. The van der Waals surface area contributed by atoms with Crippen molar-refractivity contribution in [2.24, 2.45) is 0 Å².